The van der Waals surface area contributed by atoms with Gasteiger partial charge in [0, 0.05) is 31.7 Å². The summed E-state index contributed by atoms with van der Waals surface area (Å²) < 4.78 is 5.44. The van der Waals surface area contributed by atoms with Crippen LogP contribution in [0.25, 0.3) is 0 Å². The number of imidazole rings is 1. The first-order valence-electron chi connectivity index (χ1n) is 8.50. The average molecular weight is 326 g/mol. The summed E-state index contributed by atoms with van der Waals surface area (Å²) >= 11 is 0. The number of likely N-dealkylation sites (tertiary alicyclic amines) is 1. The van der Waals surface area contributed by atoms with Crippen molar-refractivity contribution < 1.29 is 9.53 Å². The highest BCUT2D eigenvalue weighted by molar-refractivity contribution is 5.67. The van der Waals surface area contributed by atoms with Crippen LogP contribution in [0.3, 0.4) is 0 Å². The first kappa shape index (κ1) is 15.2. The van der Waals surface area contributed by atoms with Crippen LogP contribution in [0, 0.1) is 0 Å². The fraction of sp³-hybridized carbons (Fsp3) is 0.444. The van der Waals surface area contributed by atoms with Gasteiger partial charge in [-0.15, -0.1) is 0 Å². The third kappa shape index (κ3) is 2.78. The summed E-state index contributed by atoms with van der Waals surface area (Å²) in [5.41, 5.74) is 3.28. The van der Waals surface area contributed by atoms with Crippen molar-refractivity contribution in [3.05, 3.63) is 53.6 Å². The Bertz CT molecular complexity index is 705. The van der Waals surface area contributed by atoms with Gasteiger partial charge in [-0.2, -0.15) is 0 Å². The molecular formula is C18H22N4O2. The normalized spacial score (nSPS) is 19.1. The molecule has 1 fully saturated rings. The summed E-state index contributed by atoms with van der Waals surface area (Å²) in [5, 5.41) is 3.63. The quantitative estimate of drug-likeness (QED) is 0.887. The summed E-state index contributed by atoms with van der Waals surface area (Å²) in [6.07, 6.45) is 4.27. The standard InChI is InChI=1S/C18H22N4O2/c23-17(24-12-14-4-2-1-3-5-14)22-10-7-18(8-11-22)16-15(6-9-21-18)19-13-20-16/h1-5,13,21H,6-12H2,(H,19,20). The van der Waals surface area contributed by atoms with Gasteiger partial charge >= 0.3 is 6.09 Å². The second-order valence-corrected chi connectivity index (χ2v) is 6.52. The van der Waals surface area contributed by atoms with Crippen LogP contribution in [0.15, 0.2) is 36.7 Å². The molecule has 126 valence electrons. The zero-order chi connectivity index (χ0) is 16.4. The third-order valence-electron chi connectivity index (χ3n) is 5.09. The number of aromatic nitrogens is 2. The highest BCUT2D eigenvalue weighted by atomic mass is 16.6. The largest absolute Gasteiger partial charge is 0.445 e. The number of aromatic amines is 1. The van der Waals surface area contributed by atoms with Gasteiger partial charge in [0.2, 0.25) is 0 Å². The van der Waals surface area contributed by atoms with Gasteiger partial charge in [-0.25, -0.2) is 9.78 Å². The average Bonchev–Trinajstić information content (AvgIpc) is 3.12. The van der Waals surface area contributed by atoms with Crippen LogP contribution in [0.1, 0.15) is 29.8 Å². The van der Waals surface area contributed by atoms with Crippen molar-refractivity contribution in [3.8, 4) is 0 Å². The fourth-order valence-electron chi connectivity index (χ4n) is 3.73. The molecule has 2 aliphatic heterocycles. The monoisotopic (exact) mass is 326 g/mol. The molecule has 1 spiro atoms. The van der Waals surface area contributed by atoms with Crippen LogP contribution < -0.4 is 5.32 Å². The zero-order valence-corrected chi connectivity index (χ0v) is 13.6. The Kier molecular flexibility index (Phi) is 3.98. The van der Waals surface area contributed by atoms with Gasteiger partial charge in [0.05, 0.1) is 17.6 Å². The number of nitrogens with one attached hydrogen (secondary N) is 2. The molecule has 0 saturated carbocycles. The van der Waals surface area contributed by atoms with Crippen molar-refractivity contribution in [2.45, 2.75) is 31.4 Å². The van der Waals surface area contributed by atoms with E-state index in [0.717, 1.165) is 37.1 Å². The topological polar surface area (TPSA) is 70.2 Å². The second-order valence-electron chi connectivity index (χ2n) is 6.52. The van der Waals surface area contributed by atoms with E-state index in [9.17, 15) is 4.79 Å². The van der Waals surface area contributed by atoms with E-state index in [-0.39, 0.29) is 11.6 Å². The molecule has 1 amide bonds. The number of hydrogen-bond donors (Lipinski definition) is 2. The van der Waals surface area contributed by atoms with Gasteiger partial charge in [-0.3, -0.25) is 0 Å². The molecule has 0 aliphatic carbocycles. The highest BCUT2D eigenvalue weighted by Crippen LogP contribution is 2.35. The molecule has 1 aromatic carbocycles. The summed E-state index contributed by atoms with van der Waals surface area (Å²) in [6, 6.07) is 9.77. The van der Waals surface area contributed by atoms with Crippen LogP contribution in [-0.2, 0) is 23.3 Å². The highest BCUT2D eigenvalue weighted by Gasteiger charge is 2.42. The maximum absolute atomic E-state index is 12.3. The molecule has 2 aliphatic rings. The predicted molar refractivity (Wildman–Crippen MR) is 89.4 cm³/mol. The fourth-order valence-corrected chi connectivity index (χ4v) is 3.73. The number of rotatable bonds is 2. The number of carbonyl (C=O) groups is 1. The Labute approximate surface area is 141 Å². The van der Waals surface area contributed by atoms with Gasteiger partial charge in [0.1, 0.15) is 6.61 Å². The van der Waals surface area contributed by atoms with Gasteiger partial charge < -0.3 is 19.9 Å². The Morgan fingerprint density at radius 2 is 2.04 bits per heavy atom. The van der Waals surface area contributed by atoms with Crippen molar-refractivity contribution in [1.82, 2.24) is 20.2 Å². The van der Waals surface area contributed by atoms with Crippen LogP contribution in [-0.4, -0.2) is 40.6 Å². The predicted octanol–water partition coefficient (Wildman–Crippen LogP) is 2.18. The molecule has 24 heavy (non-hydrogen) atoms. The first-order valence-corrected chi connectivity index (χ1v) is 8.50. The minimum Gasteiger partial charge on any atom is -0.445 e. The molecule has 0 bridgehead atoms. The van der Waals surface area contributed by atoms with Crippen molar-refractivity contribution in [2.24, 2.45) is 0 Å². The maximum Gasteiger partial charge on any atom is 0.410 e. The molecule has 2 N–H and O–H groups in total. The zero-order valence-electron chi connectivity index (χ0n) is 13.6. The lowest BCUT2D eigenvalue weighted by molar-refractivity contribution is 0.0696. The lowest BCUT2D eigenvalue weighted by Gasteiger charge is -2.43. The Morgan fingerprint density at radius 1 is 1.25 bits per heavy atom. The van der Waals surface area contributed by atoms with Gasteiger partial charge in [0.25, 0.3) is 0 Å². The number of carbonyl (C=O) groups excluding carboxylic acids is 1. The van der Waals surface area contributed by atoms with Crippen LogP contribution >= 0.6 is 0 Å². The van der Waals surface area contributed by atoms with E-state index in [2.05, 4.69) is 15.3 Å². The lowest BCUT2D eigenvalue weighted by Crippen LogP contribution is -2.55. The molecule has 0 unspecified atom stereocenters. The SMILES string of the molecule is O=C(OCc1ccccc1)N1CCC2(CC1)NCCc1[nH]cnc12. The summed E-state index contributed by atoms with van der Waals surface area (Å²) in [7, 11) is 0. The van der Waals surface area contributed by atoms with Crippen molar-refractivity contribution in [2.75, 3.05) is 19.6 Å². The summed E-state index contributed by atoms with van der Waals surface area (Å²) in [5.74, 6) is 0. The van der Waals surface area contributed by atoms with E-state index in [1.807, 2.05) is 30.3 Å². The molecular weight excluding hydrogens is 304 g/mol. The van der Waals surface area contributed by atoms with E-state index in [4.69, 9.17) is 4.74 Å². The smallest absolute Gasteiger partial charge is 0.410 e. The summed E-state index contributed by atoms with van der Waals surface area (Å²) in [6.45, 7) is 2.65. The lowest BCUT2D eigenvalue weighted by atomic mass is 9.81. The number of amides is 1. The molecule has 6 heteroatoms. The van der Waals surface area contributed by atoms with Crippen LogP contribution in [0.5, 0.6) is 0 Å². The van der Waals surface area contributed by atoms with Gasteiger partial charge in [-0.1, -0.05) is 30.3 Å². The molecule has 1 saturated heterocycles. The van der Waals surface area contributed by atoms with E-state index >= 15 is 0 Å². The minimum absolute atomic E-state index is 0.0935. The van der Waals surface area contributed by atoms with E-state index in [0.29, 0.717) is 19.7 Å². The maximum atomic E-state index is 12.3. The van der Waals surface area contributed by atoms with E-state index in [1.54, 1.807) is 11.2 Å². The molecule has 4 rings (SSSR count). The number of piperidine rings is 1. The molecule has 0 radical (unpaired) electrons. The number of benzene rings is 1. The van der Waals surface area contributed by atoms with Crippen LogP contribution in [0.2, 0.25) is 0 Å². The van der Waals surface area contributed by atoms with Crippen molar-refractivity contribution in [3.63, 3.8) is 0 Å². The number of nitrogens with zero attached hydrogens (tertiary/aromatic N) is 2. The third-order valence-corrected chi connectivity index (χ3v) is 5.09. The number of H-pyrrole nitrogens is 1. The minimum atomic E-state index is -0.230. The second kappa shape index (κ2) is 6.28. The number of hydrogen-bond acceptors (Lipinski definition) is 4. The van der Waals surface area contributed by atoms with Crippen LogP contribution in [0.4, 0.5) is 4.79 Å². The van der Waals surface area contributed by atoms with Crippen molar-refractivity contribution >= 4 is 6.09 Å². The van der Waals surface area contributed by atoms with Gasteiger partial charge in [0.15, 0.2) is 0 Å². The first-order chi connectivity index (χ1) is 11.8. The molecule has 1 aromatic heterocycles. The molecule has 2 aromatic rings. The Hall–Kier alpha value is -2.34. The number of ether oxygens (including phenoxy) is 1. The molecule has 3 heterocycles. The van der Waals surface area contributed by atoms with Crippen molar-refractivity contribution in [1.29, 1.82) is 0 Å². The van der Waals surface area contributed by atoms with E-state index < -0.39 is 0 Å². The molecule has 6 nitrogen and oxygen atoms in total. The Balaban J connectivity index is 1.36. The van der Waals surface area contributed by atoms with Gasteiger partial charge in [-0.05, 0) is 18.4 Å². The molecule has 0 atom stereocenters. The summed E-state index contributed by atoms with van der Waals surface area (Å²) in [4.78, 5) is 21.9. The number of fused-ring (bicyclic) bond motifs is 2. The van der Waals surface area contributed by atoms with E-state index in [1.165, 1.54) is 5.69 Å². The Morgan fingerprint density at radius 3 is 2.83 bits per heavy atom.